The minimum Gasteiger partial charge on any atom is -0.352 e. The number of aromatic nitrogens is 1. The number of unbranched alkanes of at least 4 members (excludes halogenated alkanes) is 1. The molecule has 2 N–H and O–H groups in total. The van der Waals surface area contributed by atoms with Crippen LogP contribution in [0.2, 0.25) is 0 Å². The summed E-state index contributed by atoms with van der Waals surface area (Å²) in [6.45, 7) is 2.61. The number of hydrogen-bond acceptors (Lipinski definition) is 5. The highest BCUT2D eigenvalue weighted by Gasteiger charge is 2.25. The second kappa shape index (κ2) is 9.14. The smallest absolute Gasteiger partial charge is 0.259 e. The van der Waals surface area contributed by atoms with E-state index in [1.807, 2.05) is 47.2 Å². The Morgan fingerprint density at radius 2 is 2.00 bits per heavy atom. The van der Waals surface area contributed by atoms with Gasteiger partial charge in [0.25, 0.3) is 5.91 Å². The molecule has 2 aromatic heterocycles. The molecule has 1 aromatic carbocycles. The molecule has 27 heavy (non-hydrogen) atoms. The van der Waals surface area contributed by atoms with Crippen LogP contribution < -0.4 is 10.6 Å². The van der Waals surface area contributed by atoms with E-state index in [2.05, 4.69) is 22.7 Å². The molecule has 6 nitrogen and oxygen atoms in total. The molecule has 0 bridgehead atoms. The Labute approximate surface area is 161 Å². The highest BCUT2D eigenvalue weighted by atomic mass is 32.1. The summed E-state index contributed by atoms with van der Waals surface area (Å²) in [7, 11) is 0. The fourth-order valence-corrected chi connectivity index (χ4v) is 3.24. The summed E-state index contributed by atoms with van der Waals surface area (Å²) >= 11 is 1.50. The first kappa shape index (κ1) is 18.8. The molecule has 0 spiro atoms. The summed E-state index contributed by atoms with van der Waals surface area (Å²) < 4.78 is 5.32. The highest BCUT2D eigenvalue weighted by Crippen LogP contribution is 2.30. The number of rotatable bonds is 8. The standard InChI is InChI=1S/C20H21N3O3S/c1-2-3-10-21-19(25)17-18(15-9-11-27-13-15)23-26-20(17)22-16(24)12-14-7-5-4-6-8-14/h4-9,11,13H,2-3,10,12H2,1H3,(H,21,25)(H,22,24). The largest absolute Gasteiger partial charge is 0.352 e. The van der Waals surface area contributed by atoms with Crippen LogP contribution in [0.4, 0.5) is 5.88 Å². The van der Waals surface area contributed by atoms with Crippen molar-refractivity contribution >= 4 is 29.0 Å². The lowest BCUT2D eigenvalue weighted by atomic mass is 10.1. The van der Waals surface area contributed by atoms with Crippen LogP contribution in [0.25, 0.3) is 11.3 Å². The number of carbonyl (C=O) groups excluding carboxylic acids is 2. The van der Waals surface area contributed by atoms with E-state index in [-0.39, 0.29) is 29.7 Å². The van der Waals surface area contributed by atoms with Crippen LogP contribution in [0.1, 0.15) is 35.7 Å². The maximum absolute atomic E-state index is 12.7. The van der Waals surface area contributed by atoms with E-state index in [0.717, 1.165) is 24.0 Å². The Kier molecular flexibility index (Phi) is 6.38. The average molecular weight is 383 g/mol. The van der Waals surface area contributed by atoms with Crippen LogP contribution in [-0.2, 0) is 11.2 Å². The third kappa shape index (κ3) is 4.83. The molecular formula is C20H21N3O3S. The lowest BCUT2D eigenvalue weighted by Gasteiger charge is -2.07. The van der Waals surface area contributed by atoms with Crippen molar-refractivity contribution in [3.63, 3.8) is 0 Å². The molecule has 0 saturated carbocycles. The Balaban J connectivity index is 1.81. The van der Waals surface area contributed by atoms with Crippen LogP contribution in [0.3, 0.4) is 0 Å². The van der Waals surface area contributed by atoms with Crippen LogP contribution in [0.5, 0.6) is 0 Å². The molecule has 0 saturated heterocycles. The van der Waals surface area contributed by atoms with Gasteiger partial charge in [0.15, 0.2) is 0 Å². The Bertz CT molecular complexity index is 889. The molecule has 140 valence electrons. The van der Waals surface area contributed by atoms with Crippen LogP contribution in [0.15, 0.2) is 51.7 Å². The number of anilines is 1. The van der Waals surface area contributed by atoms with Crippen molar-refractivity contribution in [3.05, 3.63) is 58.3 Å². The number of benzene rings is 1. The SMILES string of the molecule is CCCCNC(=O)c1c(-c2ccsc2)noc1NC(=O)Cc1ccccc1. The predicted molar refractivity (Wildman–Crippen MR) is 106 cm³/mol. The quantitative estimate of drug-likeness (QED) is 0.573. The zero-order valence-corrected chi connectivity index (χ0v) is 15.8. The van der Waals surface area contributed by atoms with E-state index in [1.54, 1.807) is 0 Å². The maximum Gasteiger partial charge on any atom is 0.259 e. The van der Waals surface area contributed by atoms with Gasteiger partial charge in [-0.3, -0.25) is 14.9 Å². The molecule has 0 fully saturated rings. The van der Waals surface area contributed by atoms with Gasteiger partial charge in [0.2, 0.25) is 11.8 Å². The van der Waals surface area contributed by atoms with Crippen LogP contribution >= 0.6 is 11.3 Å². The molecule has 3 aromatic rings. The lowest BCUT2D eigenvalue weighted by Crippen LogP contribution is -2.26. The third-order valence-electron chi connectivity index (χ3n) is 3.99. The molecule has 2 amide bonds. The van der Waals surface area contributed by atoms with E-state index >= 15 is 0 Å². The minimum atomic E-state index is -0.305. The van der Waals surface area contributed by atoms with E-state index in [0.29, 0.717) is 12.2 Å². The van der Waals surface area contributed by atoms with Gasteiger partial charge in [0.05, 0.1) is 6.42 Å². The molecule has 0 atom stereocenters. The van der Waals surface area contributed by atoms with E-state index in [1.165, 1.54) is 11.3 Å². The lowest BCUT2D eigenvalue weighted by molar-refractivity contribution is -0.115. The number of nitrogens with zero attached hydrogens (tertiary/aromatic N) is 1. The van der Waals surface area contributed by atoms with Gasteiger partial charge in [-0.05, 0) is 23.4 Å². The summed E-state index contributed by atoms with van der Waals surface area (Å²) in [4.78, 5) is 25.1. The van der Waals surface area contributed by atoms with Gasteiger partial charge in [-0.15, -0.1) is 0 Å². The normalized spacial score (nSPS) is 10.6. The first-order valence-corrected chi connectivity index (χ1v) is 9.77. The van der Waals surface area contributed by atoms with Gasteiger partial charge in [-0.1, -0.05) is 48.8 Å². The highest BCUT2D eigenvalue weighted by molar-refractivity contribution is 7.08. The molecule has 0 unspecified atom stereocenters. The van der Waals surface area contributed by atoms with Gasteiger partial charge < -0.3 is 9.84 Å². The molecule has 2 heterocycles. The van der Waals surface area contributed by atoms with Crippen molar-refractivity contribution in [2.24, 2.45) is 0 Å². The Morgan fingerprint density at radius 3 is 2.70 bits per heavy atom. The van der Waals surface area contributed by atoms with E-state index in [9.17, 15) is 9.59 Å². The fraction of sp³-hybridized carbons (Fsp3) is 0.250. The second-order valence-electron chi connectivity index (χ2n) is 6.07. The van der Waals surface area contributed by atoms with Gasteiger partial charge >= 0.3 is 0 Å². The van der Waals surface area contributed by atoms with Gasteiger partial charge in [-0.2, -0.15) is 11.3 Å². The summed E-state index contributed by atoms with van der Waals surface area (Å²) in [6.07, 6.45) is 2.04. The summed E-state index contributed by atoms with van der Waals surface area (Å²) in [6, 6.07) is 11.2. The monoisotopic (exact) mass is 383 g/mol. The van der Waals surface area contributed by atoms with Crippen molar-refractivity contribution in [1.82, 2.24) is 10.5 Å². The molecule has 0 aliphatic rings. The topological polar surface area (TPSA) is 84.2 Å². The number of nitrogens with one attached hydrogen (secondary N) is 2. The summed E-state index contributed by atoms with van der Waals surface area (Å²) in [5.74, 6) is -0.496. The van der Waals surface area contributed by atoms with E-state index < -0.39 is 0 Å². The molecule has 7 heteroatoms. The zero-order chi connectivity index (χ0) is 19.1. The number of amides is 2. The maximum atomic E-state index is 12.7. The number of hydrogen-bond donors (Lipinski definition) is 2. The van der Waals surface area contributed by atoms with Crippen LogP contribution in [0, 0.1) is 0 Å². The van der Waals surface area contributed by atoms with Crippen molar-refractivity contribution in [3.8, 4) is 11.3 Å². The molecule has 0 radical (unpaired) electrons. The first-order chi connectivity index (χ1) is 13.2. The third-order valence-corrected chi connectivity index (χ3v) is 4.67. The van der Waals surface area contributed by atoms with Crippen molar-refractivity contribution < 1.29 is 14.1 Å². The summed E-state index contributed by atoms with van der Waals surface area (Å²) in [5, 5.41) is 13.4. The van der Waals surface area contributed by atoms with Crippen molar-refractivity contribution in [2.45, 2.75) is 26.2 Å². The van der Waals surface area contributed by atoms with Crippen molar-refractivity contribution in [1.29, 1.82) is 0 Å². The Morgan fingerprint density at radius 1 is 1.19 bits per heavy atom. The van der Waals surface area contributed by atoms with Gasteiger partial charge in [0, 0.05) is 17.5 Å². The minimum absolute atomic E-state index is 0.0751. The first-order valence-electron chi connectivity index (χ1n) is 8.83. The summed E-state index contributed by atoms with van der Waals surface area (Å²) in [5.41, 5.74) is 2.35. The Hall–Kier alpha value is -2.93. The zero-order valence-electron chi connectivity index (χ0n) is 15.0. The molecule has 0 aliphatic heterocycles. The van der Waals surface area contributed by atoms with E-state index in [4.69, 9.17) is 4.52 Å². The van der Waals surface area contributed by atoms with Crippen LogP contribution in [-0.4, -0.2) is 23.5 Å². The molecule has 3 rings (SSSR count). The van der Waals surface area contributed by atoms with Gasteiger partial charge in [-0.25, -0.2) is 0 Å². The van der Waals surface area contributed by atoms with Gasteiger partial charge in [0.1, 0.15) is 11.3 Å². The fourth-order valence-electron chi connectivity index (χ4n) is 2.60. The second-order valence-corrected chi connectivity index (χ2v) is 6.85. The predicted octanol–water partition coefficient (Wildman–Crippen LogP) is 4.11. The number of thiophene rings is 1. The number of carbonyl (C=O) groups is 2. The van der Waals surface area contributed by atoms with Crippen molar-refractivity contribution in [2.75, 3.05) is 11.9 Å². The molecule has 0 aliphatic carbocycles. The average Bonchev–Trinajstić information content (AvgIpc) is 3.32. The molecular weight excluding hydrogens is 362 g/mol.